The molecule has 1 aromatic rings. The average Bonchev–Trinajstić information content (AvgIpc) is 3.17. The molecule has 25 heavy (non-hydrogen) atoms. The zero-order valence-corrected chi connectivity index (χ0v) is 14.5. The Kier molecular flexibility index (Phi) is 4.71. The van der Waals surface area contributed by atoms with Crippen LogP contribution in [0.25, 0.3) is 0 Å². The van der Waals surface area contributed by atoms with Gasteiger partial charge in [0, 0.05) is 6.54 Å². The second-order valence-corrected chi connectivity index (χ2v) is 6.93. The highest BCUT2D eigenvalue weighted by atomic mass is 16.4. The van der Waals surface area contributed by atoms with Crippen LogP contribution in [-0.4, -0.2) is 46.8 Å². The molecule has 2 amide bonds. The molecule has 3 rings (SSSR count). The predicted octanol–water partition coefficient (Wildman–Crippen LogP) is 1.40. The molecule has 0 radical (unpaired) electrons. The Bertz CT molecular complexity index is 665. The van der Waals surface area contributed by atoms with Crippen molar-refractivity contribution < 1.29 is 14.7 Å². The molecule has 1 aromatic carbocycles. The minimum Gasteiger partial charge on any atom is -0.465 e. The summed E-state index contributed by atoms with van der Waals surface area (Å²) in [5.74, 6) is 5.95. The van der Waals surface area contributed by atoms with Gasteiger partial charge in [-0.05, 0) is 30.9 Å². The van der Waals surface area contributed by atoms with Gasteiger partial charge in [-0.3, -0.25) is 9.80 Å². The molecule has 2 heterocycles. The molecule has 0 saturated carbocycles. The molecule has 0 aromatic heterocycles. The summed E-state index contributed by atoms with van der Waals surface area (Å²) in [4.78, 5) is 25.8. The minimum absolute atomic E-state index is 0.109. The van der Waals surface area contributed by atoms with Crippen LogP contribution in [0.1, 0.15) is 26.7 Å². The first-order valence-electron chi connectivity index (χ1n) is 8.59. The number of benzene rings is 1. The number of carboxylic acid groups (broad SMARTS) is 1. The fourth-order valence-electron chi connectivity index (χ4n) is 3.70. The minimum atomic E-state index is -1.19. The Labute approximate surface area is 146 Å². The zero-order chi connectivity index (χ0) is 18.1. The quantitative estimate of drug-likeness (QED) is 0.613. The first-order chi connectivity index (χ1) is 11.9. The van der Waals surface area contributed by atoms with Crippen LogP contribution in [0.3, 0.4) is 0 Å². The normalized spacial score (nSPS) is 23.4. The molecule has 1 saturated heterocycles. The van der Waals surface area contributed by atoms with E-state index in [9.17, 15) is 9.59 Å². The number of nitrogens with one attached hydrogen (secondary N) is 2. The van der Waals surface area contributed by atoms with Gasteiger partial charge in [0.25, 0.3) is 0 Å². The summed E-state index contributed by atoms with van der Waals surface area (Å²) in [6, 6.07) is 6.89. The summed E-state index contributed by atoms with van der Waals surface area (Å²) in [5, 5.41) is 16.5. The zero-order valence-electron chi connectivity index (χ0n) is 14.5. The average molecular weight is 347 g/mol. The third-order valence-electron chi connectivity index (χ3n) is 4.94. The van der Waals surface area contributed by atoms with E-state index in [0.29, 0.717) is 6.54 Å². The van der Waals surface area contributed by atoms with Crippen molar-refractivity contribution in [2.24, 2.45) is 11.8 Å². The fraction of sp³-hybridized carbons (Fsp3) is 0.529. The lowest BCUT2D eigenvalue weighted by molar-refractivity contribution is -0.135. The molecule has 0 aliphatic carbocycles. The number of nitrogens with zero attached hydrogens (tertiary/aromatic N) is 2. The van der Waals surface area contributed by atoms with Crippen molar-refractivity contribution in [1.82, 2.24) is 10.2 Å². The highest BCUT2D eigenvalue weighted by molar-refractivity contribution is 5.86. The number of hydrogen-bond donors (Lipinski definition) is 4. The number of rotatable bonds is 4. The second kappa shape index (κ2) is 6.79. The van der Waals surface area contributed by atoms with Crippen molar-refractivity contribution in [2.45, 2.75) is 44.9 Å². The maximum atomic E-state index is 13.0. The van der Waals surface area contributed by atoms with Gasteiger partial charge in [-0.15, -0.1) is 0 Å². The van der Waals surface area contributed by atoms with Crippen LogP contribution in [-0.2, 0) is 4.79 Å². The fourth-order valence-corrected chi connectivity index (χ4v) is 3.70. The summed E-state index contributed by atoms with van der Waals surface area (Å²) in [7, 11) is 0. The number of hydrogen-bond acceptors (Lipinski definition) is 5. The molecule has 2 aliphatic rings. The van der Waals surface area contributed by atoms with Crippen LogP contribution in [0.4, 0.5) is 16.2 Å². The molecular formula is C17H25N5O3. The number of carbonyl (C=O) groups excluding carboxylic acids is 1. The molecular weight excluding hydrogens is 322 g/mol. The van der Waals surface area contributed by atoms with Gasteiger partial charge in [-0.2, -0.15) is 0 Å². The van der Waals surface area contributed by atoms with Gasteiger partial charge in [0.05, 0.1) is 17.4 Å². The van der Waals surface area contributed by atoms with Crippen LogP contribution >= 0.6 is 0 Å². The summed E-state index contributed by atoms with van der Waals surface area (Å²) in [6.07, 6.45) is 0.288. The molecule has 2 aliphatic heterocycles. The van der Waals surface area contributed by atoms with E-state index in [1.807, 2.05) is 38.1 Å². The van der Waals surface area contributed by atoms with Crippen molar-refractivity contribution in [3.63, 3.8) is 0 Å². The maximum absolute atomic E-state index is 13.0. The lowest BCUT2D eigenvalue weighted by Gasteiger charge is -2.36. The first-order valence-corrected chi connectivity index (χ1v) is 8.59. The Morgan fingerprint density at radius 2 is 2.08 bits per heavy atom. The lowest BCUT2D eigenvalue weighted by Crippen LogP contribution is -2.58. The number of hydrazine groups is 1. The van der Waals surface area contributed by atoms with Crippen molar-refractivity contribution in [2.75, 3.05) is 16.9 Å². The Balaban J connectivity index is 1.79. The van der Waals surface area contributed by atoms with Crippen LogP contribution < -0.4 is 21.5 Å². The van der Waals surface area contributed by atoms with Gasteiger partial charge in [0.15, 0.2) is 0 Å². The summed E-state index contributed by atoms with van der Waals surface area (Å²) in [5.41, 5.74) is 1.84. The number of para-hydroxylation sites is 2. The molecule has 8 nitrogen and oxygen atoms in total. The number of carbonyl (C=O) groups is 2. The Morgan fingerprint density at radius 3 is 2.72 bits per heavy atom. The number of amides is 2. The SMILES string of the molecule is CC(C)[C@H](NC(=O)O)C(=O)N1CCC[C@H]1C1Nc2ccccc2N1N. The molecule has 0 spiro atoms. The molecule has 136 valence electrons. The van der Waals surface area contributed by atoms with Crippen molar-refractivity contribution in [1.29, 1.82) is 0 Å². The van der Waals surface area contributed by atoms with Crippen LogP contribution in [0.5, 0.6) is 0 Å². The number of nitrogens with two attached hydrogens (primary N) is 1. The third-order valence-corrected chi connectivity index (χ3v) is 4.94. The van der Waals surface area contributed by atoms with E-state index in [1.165, 1.54) is 0 Å². The monoisotopic (exact) mass is 347 g/mol. The van der Waals surface area contributed by atoms with E-state index in [4.69, 9.17) is 10.9 Å². The highest BCUT2D eigenvalue weighted by Gasteiger charge is 2.43. The van der Waals surface area contributed by atoms with Crippen molar-refractivity contribution in [3.05, 3.63) is 24.3 Å². The smallest absolute Gasteiger partial charge is 0.405 e. The number of fused-ring (bicyclic) bond motifs is 1. The molecule has 0 bridgehead atoms. The van der Waals surface area contributed by atoms with Gasteiger partial charge >= 0.3 is 6.09 Å². The van der Waals surface area contributed by atoms with E-state index >= 15 is 0 Å². The first kappa shape index (κ1) is 17.3. The molecule has 1 unspecified atom stereocenters. The summed E-state index contributed by atoms with van der Waals surface area (Å²) >= 11 is 0. The predicted molar refractivity (Wildman–Crippen MR) is 95.0 cm³/mol. The van der Waals surface area contributed by atoms with Gasteiger partial charge in [0.2, 0.25) is 5.91 Å². The topological polar surface area (TPSA) is 111 Å². The number of likely N-dealkylation sites (tertiary alicyclic amines) is 1. The molecule has 3 atom stereocenters. The lowest BCUT2D eigenvalue weighted by atomic mass is 10.0. The Hall–Kier alpha value is -2.48. The summed E-state index contributed by atoms with van der Waals surface area (Å²) in [6.45, 7) is 4.28. The van der Waals surface area contributed by atoms with E-state index in [-0.39, 0.29) is 24.0 Å². The van der Waals surface area contributed by atoms with E-state index in [0.717, 1.165) is 24.2 Å². The highest BCUT2D eigenvalue weighted by Crippen LogP contribution is 2.36. The summed E-state index contributed by atoms with van der Waals surface area (Å²) < 4.78 is 0. The standard InChI is InChI=1S/C17H25N5O3/c1-10(2)14(20-17(24)25)16(23)21-9-5-8-13(21)15-19-11-6-3-4-7-12(11)22(15)18/h3-4,6-7,10,13-15,19-20H,5,8-9,18H2,1-2H3,(H,24,25)/t13-,14-,15?/m0/s1. The van der Waals surface area contributed by atoms with Gasteiger partial charge < -0.3 is 20.6 Å². The van der Waals surface area contributed by atoms with E-state index in [1.54, 1.807) is 9.91 Å². The van der Waals surface area contributed by atoms with E-state index in [2.05, 4.69) is 10.6 Å². The Morgan fingerprint density at radius 1 is 1.36 bits per heavy atom. The van der Waals surface area contributed by atoms with Crippen molar-refractivity contribution in [3.8, 4) is 0 Å². The van der Waals surface area contributed by atoms with Crippen LogP contribution in [0.2, 0.25) is 0 Å². The molecule has 5 N–H and O–H groups in total. The van der Waals surface area contributed by atoms with Gasteiger partial charge in [0.1, 0.15) is 12.2 Å². The van der Waals surface area contributed by atoms with E-state index < -0.39 is 12.1 Å². The van der Waals surface area contributed by atoms with Crippen LogP contribution in [0.15, 0.2) is 24.3 Å². The maximum Gasteiger partial charge on any atom is 0.405 e. The van der Waals surface area contributed by atoms with Gasteiger partial charge in [-0.25, -0.2) is 10.6 Å². The number of anilines is 2. The van der Waals surface area contributed by atoms with Crippen molar-refractivity contribution >= 4 is 23.4 Å². The largest absolute Gasteiger partial charge is 0.465 e. The van der Waals surface area contributed by atoms with Crippen LogP contribution in [0, 0.1) is 5.92 Å². The molecule has 8 heteroatoms. The second-order valence-electron chi connectivity index (χ2n) is 6.93. The van der Waals surface area contributed by atoms with Gasteiger partial charge in [-0.1, -0.05) is 26.0 Å². The molecule has 1 fully saturated rings. The third kappa shape index (κ3) is 3.21.